The quantitative estimate of drug-likeness (QED) is 0.607. The van der Waals surface area contributed by atoms with Gasteiger partial charge in [0.15, 0.2) is 0 Å². The zero-order valence-corrected chi connectivity index (χ0v) is 9.47. The van der Waals surface area contributed by atoms with Crippen LogP contribution in [0.1, 0.15) is 18.0 Å². The molecule has 2 heterocycles. The Balaban J connectivity index is 1.92. The molecule has 0 atom stereocenters. The van der Waals surface area contributed by atoms with Gasteiger partial charge in [0.1, 0.15) is 0 Å². The number of nitrogens with zero attached hydrogens (tertiary/aromatic N) is 3. The normalized spacial score (nSPS) is 10.1. The first-order chi connectivity index (χ1) is 8.38. The van der Waals surface area contributed by atoms with Crippen molar-refractivity contribution in [1.29, 1.82) is 0 Å². The Hall–Kier alpha value is -2.17. The molecule has 0 amide bonds. The summed E-state index contributed by atoms with van der Waals surface area (Å²) in [5.74, 6) is 0.560. The van der Waals surface area contributed by atoms with Crippen LogP contribution in [-0.4, -0.2) is 21.7 Å². The van der Waals surface area contributed by atoms with E-state index in [9.17, 15) is 0 Å². The van der Waals surface area contributed by atoms with Crippen LogP contribution in [0.25, 0.3) is 0 Å². The number of nitrogens with one attached hydrogen (secondary N) is 1. The molecule has 0 aliphatic rings. The van der Waals surface area contributed by atoms with E-state index in [0.29, 0.717) is 18.3 Å². The predicted molar refractivity (Wildman–Crippen MR) is 64.6 cm³/mol. The monoisotopic (exact) mass is 230 g/mol. The van der Waals surface area contributed by atoms with Crippen LogP contribution in [0.15, 0.2) is 41.5 Å². The largest absolute Gasteiger partial charge is 0.408 e. The Morgan fingerprint density at radius 1 is 1.35 bits per heavy atom. The molecule has 0 radical (unpaired) electrons. The van der Waals surface area contributed by atoms with Gasteiger partial charge in [-0.15, -0.1) is 11.7 Å². The maximum Gasteiger partial charge on any atom is 0.315 e. The molecule has 0 aromatic carbocycles. The first kappa shape index (κ1) is 11.3. The van der Waals surface area contributed by atoms with Crippen molar-refractivity contribution in [2.75, 3.05) is 11.9 Å². The molecule has 5 nitrogen and oxygen atoms in total. The summed E-state index contributed by atoms with van der Waals surface area (Å²) in [5.41, 5.74) is 0.911. The van der Waals surface area contributed by atoms with Gasteiger partial charge < -0.3 is 9.73 Å². The second-order valence-electron chi connectivity index (χ2n) is 3.50. The lowest BCUT2D eigenvalue weighted by atomic mass is 10.3. The summed E-state index contributed by atoms with van der Waals surface area (Å²) in [6.07, 6.45) is 4.99. The van der Waals surface area contributed by atoms with Crippen molar-refractivity contribution in [2.24, 2.45) is 0 Å². The molecule has 5 heteroatoms. The van der Waals surface area contributed by atoms with Crippen molar-refractivity contribution >= 4 is 6.01 Å². The van der Waals surface area contributed by atoms with Gasteiger partial charge in [-0.1, -0.05) is 17.2 Å². The number of pyridine rings is 1. The summed E-state index contributed by atoms with van der Waals surface area (Å²) in [6, 6.07) is 6.18. The highest BCUT2D eigenvalue weighted by molar-refractivity contribution is 5.18. The third-order valence-electron chi connectivity index (χ3n) is 2.15. The summed E-state index contributed by atoms with van der Waals surface area (Å²) in [4.78, 5) is 4.20. The molecule has 0 aliphatic carbocycles. The molecule has 88 valence electrons. The van der Waals surface area contributed by atoms with E-state index in [1.165, 1.54) is 0 Å². The molecule has 0 aliphatic heterocycles. The highest BCUT2D eigenvalue weighted by atomic mass is 16.4. The highest BCUT2D eigenvalue weighted by Gasteiger charge is 2.06. The number of hydrogen-bond acceptors (Lipinski definition) is 5. The summed E-state index contributed by atoms with van der Waals surface area (Å²) in [7, 11) is 0. The van der Waals surface area contributed by atoms with Crippen LogP contribution < -0.4 is 5.32 Å². The Morgan fingerprint density at radius 2 is 2.29 bits per heavy atom. The number of hydrogen-bond donors (Lipinski definition) is 1. The van der Waals surface area contributed by atoms with Gasteiger partial charge in [-0.25, -0.2) is 0 Å². The summed E-state index contributed by atoms with van der Waals surface area (Å²) in [5, 5.41) is 10.9. The number of aromatic nitrogens is 3. The third kappa shape index (κ3) is 3.41. The van der Waals surface area contributed by atoms with Crippen molar-refractivity contribution in [3.05, 3.63) is 48.6 Å². The molecule has 0 bridgehead atoms. The fraction of sp³-hybridized carbons (Fsp3) is 0.250. The Bertz CT molecular complexity index is 466. The third-order valence-corrected chi connectivity index (χ3v) is 2.15. The minimum absolute atomic E-state index is 0.442. The summed E-state index contributed by atoms with van der Waals surface area (Å²) in [6.45, 7) is 4.38. The van der Waals surface area contributed by atoms with Gasteiger partial charge >= 0.3 is 6.01 Å². The second-order valence-corrected chi connectivity index (χ2v) is 3.50. The van der Waals surface area contributed by atoms with Crippen LogP contribution >= 0.6 is 0 Å². The fourth-order valence-corrected chi connectivity index (χ4v) is 1.34. The summed E-state index contributed by atoms with van der Waals surface area (Å²) < 4.78 is 5.43. The number of anilines is 1. The van der Waals surface area contributed by atoms with Crippen LogP contribution in [0.3, 0.4) is 0 Å². The number of rotatable bonds is 6. The lowest BCUT2D eigenvalue weighted by Crippen LogP contribution is -1.99. The maximum atomic E-state index is 5.43. The lowest BCUT2D eigenvalue weighted by Gasteiger charge is -1.96. The van der Waals surface area contributed by atoms with Crippen molar-refractivity contribution in [3.8, 4) is 0 Å². The van der Waals surface area contributed by atoms with E-state index in [-0.39, 0.29) is 0 Å². The molecular weight excluding hydrogens is 216 g/mol. The van der Waals surface area contributed by atoms with E-state index in [0.717, 1.165) is 18.7 Å². The Kier molecular flexibility index (Phi) is 3.85. The zero-order chi connectivity index (χ0) is 11.9. The molecule has 0 saturated heterocycles. The molecule has 2 aromatic heterocycles. The van der Waals surface area contributed by atoms with E-state index in [4.69, 9.17) is 4.42 Å². The minimum atomic E-state index is 0.442. The van der Waals surface area contributed by atoms with E-state index < -0.39 is 0 Å². The molecule has 2 rings (SSSR count). The van der Waals surface area contributed by atoms with Crippen LogP contribution in [0.4, 0.5) is 6.01 Å². The Morgan fingerprint density at radius 3 is 3.06 bits per heavy atom. The predicted octanol–water partition coefficient (Wildman–Crippen LogP) is 2.04. The van der Waals surface area contributed by atoms with Crippen molar-refractivity contribution in [2.45, 2.75) is 12.8 Å². The SMILES string of the molecule is C=CCCNc1nnc(Cc2ccccn2)o1. The molecule has 0 fully saturated rings. The van der Waals surface area contributed by atoms with Gasteiger partial charge in [-0.2, -0.15) is 0 Å². The molecular formula is C12H14N4O. The fourth-order valence-electron chi connectivity index (χ4n) is 1.34. The van der Waals surface area contributed by atoms with E-state index in [1.54, 1.807) is 6.20 Å². The lowest BCUT2D eigenvalue weighted by molar-refractivity contribution is 0.515. The smallest absolute Gasteiger partial charge is 0.315 e. The molecule has 2 aromatic rings. The van der Waals surface area contributed by atoms with Crippen LogP contribution in [0.5, 0.6) is 0 Å². The molecule has 1 N–H and O–H groups in total. The van der Waals surface area contributed by atoms with E-state index >= 15 is 0 Å². The minimum Gasteiger partial charge on any atom is -0.408 e. The molecule has 17 heavy (non-hydrogen) atoms. The van der Waals surface area contributed by atoms with Crippen molar-refractivity contribution in [3.63, 3.8) is 0 Å². The van der Waals surface area contributed by atoms with Gasteiger partial charge in [0.25, 0.3) is 0 Å². The average molecular weight is 230 g/mol. The average Bonchev–Trinajstić information content (AvgIpc) is 2.79. The standard InChI is InChI=1S/C12H14N4O/c1-2-3-7-14-12-16-15-11(17-12)9-10-6-4-5-8-13-10/h2,4-6,8H,1,3,7,9H2,(H,14,16). The van der Waals surface area contributed by atoms with Gasteiger partial charge in [-0.05, 0) is 18.6 Å². The first-order valence-corrected chi connectivity index (χ1v) is 5.45. The summed E-state index contributed by atoms with van der Waals surface area (Å²) >= 11 is 0. The first-order valence-electron chi connectivity index (χ1n) is 5.45. The highest BCUT2D eigenvalue weighted by Crippen LogP contribution is 2.09. The maximum absolute atomic E-state index is 5.43. The zero-order valence-electron chi connectivity index (χ0n) is 9.47. The van der Waals surface area contributed by atoms with Crippen LogP contribution in [-0.2, 0) is 6.42 Å². The van der Waals surface area contributed by atoms with E-state index in [1.807, 2.05) is 24.3 Å². The van der Waals surface area contributed by atoms with Crippen molar-refractivity contribution in [1.82, 2.24) is 15.2 Å². The van der Waals surface area contributed by atoms with Gasteiger partial charge in [0.2, 0.25) is 5.89 Å². The van der Waals surface area contributed by atoms with E-state index in [2.05, 4.69) is 27.1 Å². The van der Waals surface area contributed by atoms with Crippen LogP contribution in [0.2, 0.25) is 0 Å². The van der Waals surface area contributed by atoms with Gasteiger partial charge in [0.05, 0.1) is 6.42 Å². The van der Waals surface area contributed by atoms with Crippen molar-refractivity contribution < 1.29 is 4.42 Å². The molecule has 0 saturated carbocycles. The molecule has 0 spiro atoms. The van der Waals surface area contributed by atoms with Gasteiger partial charge in [-0.3, -0.25) is 4.98 Å². The van der Waals surface area contributed by atoms with Gasteiger partial charge in [0, 0.05) is 18.4 Å². The second kappa shape index (κ2) is 5.79. The topological polar surface area (TPSA) is 63.8 Å². The van der Waals surface area contributed by atoms with Crippen LogP contribution in [0, 0.1) is 0 Å². The molecule has 0 unspecified atom stereocenters. The Labute approximate surface area is 99.6 Å².